The van der Waals surface area contributed by atoms with E-state index in [9.17, 15) is 4.79 Å². The molecule has 124 valence electrons. The number of thiol groups is 1. The summed E-state index contributed by atoms with van der Waals surface area (Å²) in [5.74, 6) is -0.436. The van der Waals surface area contributed by atoms with Crippen molar-refractivity contribution < 1.29 is 4.79 Å². The first-order chi connectivity index (χ1) is 11.5. The van der Waals surface area contributed by atoms with Gasteiger partial charge in [0.25, 0.3) is 0 Å². The number of amides is 1. The first-order valence-corrected chi connectivity index (χ1v) is 8.84. The lowest BCUT2D eigenvalue weighted by Crippen LogP contribution is -2.50. The molecule has 0 aromatic heterocycles. The molecule has 1 amide bonds. The van der Waals surface area contributed by atoms with Crippen molar-refractivity contribution in [2.75, 3.05) is 4.90 Å². The minimum Gasteiger partial charge on any atom is -0.366 e. The van der Waals surface area contributed by atoms with Gasteiger partial charge in [0.1, 0.15) is 5.50 Å². The van der Waals surface area contributed by atoms with Crippen molar-refractivity contribution in [3.8, 4) is 0 Å². The maximum Gasteiger partial charge on any atom is 0.248 e. The first-order valence-electron chi connectivity index (χ1n) is 7.53. The highest BCUT2D eigenvalue weighted by Gasteiger charge is 2.34. The number of anilines is 1. The summed E-state index contributed by atoms with van der Waals surface area (Å²) in [5, 5.41) is 3.38. The Morgan fingerprint density at radius 1 is 1.17 bits per heavy atom. The molecule has 2 aromatic carbocycles. The van der Waals surface area contributed by atoms with Crippen LogP contribution in [0.25, 0.3) is 0 Å². The number of carbonyl (C=O) groups is 1. The van der Waals surface area contributed by atoms with Gasteiger partial charge < -0.3 is 10.6 Å². The van der Waals surface area contributed by atoms with Gasteiger partial charge >= 0.3 is 0 Å². The Labute approximate surface area is 155 Å². The number of nitrogens with one attached hydrogen (secondary N) is 1. The molecule has 2 atom stereocenters. The molecule has 0 fully saturated rings. The third-order valence-electron chi connectivity index (χ3n) is 4.10. The van der Waals surface area contributed by atoms with Gasteiger partial charge in [-0.1, -0.05) is 46.3 Å². The average molecular weight is 404 g/mol. The predicted molar refractivity (Wildman–Crippen MR) is 104 cm³/mol. The Morgan fingerprint density at radius 3 is 2.38 bits per heavy atom. The van der Waals surface area contributed by atoms with E-state index in [4.69, 9.17) is 5.73 Å². The van der Waals surface area contributed by atoms with E-state index in [1.807, 2.05) is 66.4 Å². The standard InChI is InChI=1S/C18H18BrN3OS/c1-11-15(17(20)23)16(12-7-9-13(19)10-8-12)21-18(24)22(11)14-5-3-2-4-6-14/h2-10,16,18,21,24H,1H3,(H2,20,23). The number of para-hydroxylation sites is 1. The largest absolute Gasteiger partial charge is 0.366 e. The molecule has 0 radical (unpaired) electrons. The van der Waals surface area contributed by atoms with Gasteiger partial charge in [-0.25, -0.2) is 0 Å². The third kappa shape index (κ3) is 3.22. The molecule has 1 aliphatic heterocycles. The highest BCUT2D eigenvalue weighted by Crippen LogP contribution is 2.35. The van der Waals surface area contributed by atoms with E-state index in [1.54, 1.807) is 0 Å². The third-order valence-corrected chi connectivity index (χ3v) is 5.01. The van der Waals surface area contributed by atoms with Crippen molar-refractivity contribution in [2.45, 2.75) is 18.5 Å². The highest BCUT2D eigenvalue weighted by molar-refractivity contribution is 9.10. The van der Waals surface area contributed by atoms with E-state index < -0.39 is 5.91 Å². The Morgan fingerprint density at radius 2 is 1.79 bits per heavy atom. The Kier molecular flexibility index (Phi) is 4.99. The van der Waals surface area contributed by atoms with Crippen LogP contribution in [-0.4, -0.2) is 11.4 Å². The van der Waals surface area contributed by atoms with Crippen LogP contribution < -0.4 is 16.0 Å². The fourth-order valence-corrected chi connectivity index (χ4v) is 3.71. The maximum atomic E-state index is 12.2. The summed E-state index contributed by atoms with van der Waals surface area (Å²) in [6, 6.07) is 17.4. The monoisotopic (exact) mass is 403 g/mol. The number of hydrogen-bond acceptors (Lipinski definition) is 4. The van der Waals surface area contributed by atoms with Crippen LogP contribution in [-0.2, 0) is 4.79 Å². The molecule has 0 saturated heterocycles. The van der Waals surface area contributed by atoms with Gasteiger partial charge in [-0.3, -0.25) is 10.1 Å². The summed E-state index contributed by atoms with van der Waals surface area (Å²) < 4.78 is 0.983. The first kappa shape index (κ1) is 17.1. The van der Waals surface area contributed by atoms with Crippen molar-refractivity contribution in [1.29, 1.82) is 0 Å². The summed E-state index contributed by atoms with van der Waals surface area (Å²) in [7, 11) is 0. The van der Waals surface area contributed by atoms with Crippen LogP contribution in [0.1, 0.15) is 18.5 Å². The average Bonchev–Trinajstić information content (AvgIpc) is 2.55. The van der Waals surface area contributed by atoms with Crippen LogP contribution in [0.5, 0.6) is 0 Å². The van der Waals surface area contributed by atoms with E-state index in [0.29, 0.717) is 5.57 Å². The second-order valence-electron chi connectivity index (χ2n) is 5.59. The molecule has 0 spiro atoms. The minimum atomic E-state index is -0.436. The second-order valence-corrected chi connectivity index (χ2v) is 7.00. The number of nitrogens with two attached hydrogens (primary N) is 1. The number of rotatable bonds is 3. The molecule has 0 bridgehead atoms. The Bertz CT molecular complexity index is 777. The fraction of sp³-hybridized carbons (Fsp3) is 0.167. The van der Waals surface area contributed by atoms with Gasteiger partial charge in [-0.2, -0.15) is 0 Å². The van der Waals surface area contributed by atoms with Crippen LogP contribution >= 0.6 is 28.6 Å². The predicted octanol–water partition coefficient (Wildman–Crippen LogP) is 3.57. The van der Waals surface area contributed by atoms with E-state index in [-0.39, 0.29) is 11.5 Å². The van der Waals surface area contributed by atoms with Gasteiger partial charge in [-0.15, -0.1) is 12.6 Å². The second kappa shape index (κ2) is 7.01. The molecule has 3 rings (SSSR count). The smallest absolute Gasteiger partial charge is 0.248 e. The Hall–Kier alpha value is -1.76. The van der Waals surface area contributed by atoms with Gasteiger partial charge in [0.15, 0.2) is 0 Å². The molecule has 24 heavy (non-hydrogen) atoms. The van der Waals surface area contributed by atoms with E-state index in [1.165, 1.54) is 0 Å². The molecule has 1 aliphatic rings. The SMILES string of the molecule is CC1=C(C(N)=O)C(c2ccc(Br)cc2)NC(S)N1c1ccccc1. The summed E-state index contributed by atoms with van der Waals surface area (Å²) in [6.07, 6.45) is 0. The van der Waals surface area contributed by atoms with Crippen LogP contribution in [0.3, 0.4) is 0 Å². The van der Waals surface area contributed by atoms with Crippen LogP contribution in [0.2, 0.25) is 0 Å². The lowest BCUT2D eigenvalue weighted by molar-refractivity contribution is -0.115. The summed E-state index contributed by atoms with van der Waals surface area (Å²) in [6.45, 7) is 1.91. The summed E-state index contributed by atoms with van der Waals surface area (Å²) in [5.41, 5.74) is 8.71. The lowest BCUT2D eigenvalue weighted by Gasteiger charge is -2.41. The molecule has 0 aliphatic carbocycles. The van der Waals surface area contributed by atoms with Crippen LogP contribution in [0, 0.1) is 0 Å². The highest BCUT2D eigenvalue weighted by atomic mass is 79.9. The van der Waals surface area contributed by atoms with E-state index in [2.05, 4.69) is 33.9 Å². The molecule has 6 heteroatoms. The fourth-order valence-electron chi connectivity index (χ4n) is 2.99. The number of nitrogens with zero attached hydrogens (tertiary/aromatic N) is 1. The van der Waals surface area contributed by atoms with Crippen LogP contribution in [0.4, 0.5) is 5.69 Å². The number of carbonyl (C=O) groups excluding carboxylic acids is 1. The zero-order valence-electron chi connectivity index (χ0n) is 13.1. The minimum absolute atomic E-state index is 0.274. The summed E-state index contributed by atoms with van der Waals surface area (Å²) in [4.78, 5) is 14.1. The van der Waals surface area contributed by atoms with Gasteiger partial charge in [0.05, 0.1) is 11.6 Å². The number of hydrogen-bond donors (Lipinski definition) is 3. The van der Waals surface area contributed by atoms with Crippen molar-refractivity contribution in [3.63, 3.8) is 0 Å². The topological polar surface area (TPSA) is 58.4 Å². The Balaban J connectivity index is 2.09. The number of primary amides is 1. The molecular weight excluding hydrogens is 386 g/mol. The quantitative estimate of drug-likeness (QED) is 0.686. The van der Waals surface area contributed by atoms with Crippen molar-refractivity contribution in [1.82, 2.24) is 5.32 Å². The molecule has 2 unspecified atom stereocenters. The number of halogens is 1. The van der Waals surface area contributed by atoms with Crippen molar-refractivity contribution >= 4 is 40.2 Å². The molecule has 2 aromatic rings. The van der Waals surface area contributed by atoms with Crippen molar-refractivity contribution in [3.05, 3.63) is 75.9 Å². The van der Waals surface area contributed by atoms with Gasteiger partial charge in [0, 0.05) is 15.9 Å². The van der Waals surface area contributed by atoms with E-state index >= 15 is 0 Å². The molecular formula is C18H18BrN3OS. The molecule has 0 saturated carbocycles. The van der Waals surface area contributed by atoms with Crippen molar-refractivity contribution in [2.24, 2.45) is 5.73 Å². The summed E-state index contributed by atoms with van der Waals surface area (Å²) >= 11 is 8.12. The molecule has 3 N–H and O–H groups in total. The lowest BCUT2D eigenvalue weighted by atomic mass is 9.94. The zero-order valence-corrected chi connectivity index (χ0v) is 15.6. The number of benzene rings is 2. The molecule has 1 heterocycles. The van der Waals surface area contributed by atoms with Crippen LogP contribution in [0.15, 0.2) is 70.3 Å². The molecule has 4 nitrogen and oxygen atoms in total. The zero-order chi connectivity index (χ0) is 17.3. The van der Waals surface area contributed by atoms with E-state index in [0.717, 1.165) is 21.4 Å². The van der Waals surface area contributed by atoms with Gasteiger partial charge in [0.2, 0.25) is 5.91 Å². The maximum absolute atomic E-state index is 12.2. The normalized spacial score (nSPS) is 21.0. The van der Waals surface area contributed by atoms with Gasteiger partial charge in [-0.05, 0) is 36.8 Å². The number of allylic oxidation sites excluding steroid dienone is 1.